The predicted molar refractivity (Wildman–Crippen MR) is 78.7 cm³/mol. The third-order valence-corrected chi connectivity index (χ3v) is 3.95. The number of rotatable bonds is 3. The standard InChI is InChI=1S/C15H20N2O4/c1-2-10-5-7-17(8-6-10)15(21)16-13-4-3-11(18)9-12(13)14(19)20/h3-4,9-10,18H,2,5-8H2,1H3,(H,16,21)(H,19,20). The first-order valence-electron chi connectivity index (χ1n) is 7.13. The Morgan fingerprint density at radius 2 is 2.00 bits per heavy atom. The summed E-state index contributed by atoms with van der Waals surface area (Å²) in [6, 6.07) is 3.58. The van der Waals surface area contributed by atoms with Crippen molar-refractivity contribution in [3.63, 3.8) is 0 Å². The number of anilines is 1. The molecule has 1 aliphatic rings. The number of carbonyl (C=O) groups excluding carboxylic acids is 1. The van der Waals surface area contributed by atoms with Gasteiger partial charge in [-0.15, -0.1) is 0 Å². The van der Waals surface area contributed by atoms with Gasteiger partial charge in [-0.25, -0.2) is 9.59 Å². The Kier molecular flexibility index (Phi) is 4.67. The minimum Gasteiger partial charge on any atom is -0.508 e. The number of piperidine rings is 1. The predicted octanol–water partition coefficient (Wildman–Crippen LogP) is 2.74. The van der Waals surface area contributed by atoms with E-state index in [0.717, 1.165) is 25.3 Å². The summed E-state index contributed by atoms with van der Waals surface area (Å²) in [7, 11) is 0. The molecule has 21 heavy (non-hydrogen) atoms. The lowest BCUT2D eigenvalue weighted by Gasteiger charge is -2.31. The lowest BCUT2D eigenvalue weighted by Crippen LogP contribution is -2.41. The van der Waals surface area contributed by atoms with Crippen LogP contribution < -0.4 is 5.32 Å². The summed E-state index contributed by atoms with van der Waals surface area (Å²) in [6.07, 6.45) is 3.08. The van der Waals surface area contributed by atoms with Crippen molar-refractivity contribution >= 4 is 17.7 Å². The number of hydrogen-bond acceptors (Lipinski definition) is 3. The number of nitrogens with one attached hydrogen (secondary N) is 1. The van der Waals surface area contributed by atoms with Gasteiger partial charge in [-0.1, -0.05) is 13.3 Å². The zero-order valence-corrected chi connectivity index (χ0v) is 12.0. The quantitative estimate of drug-likeness (QED) is 0.747. The fraction of sp³-hybridized carbons (Fsp3) is 0.467. The average molecular weight is 292 g/mol. The van der Waals surface area contributed by atoms with E-state index in [9.17, 15) is 14.7 Å². The number of phenols is 1. The Hall–Kier alpha value is -2.24. The van der Waals surface area contributed by atoms with Crippen LogP contribution in [0.4, 0.5) is 10.5 Å². The lowest BCUT2D eigenvalue weighted by atomic mass is 9.95. The average Bonchev–Trinajstić information content (AvgIpc) is 2.49. The third kappa shape index (κ3) is 3.65. The zero-order valence-electron chi connectivity index (χ0n) is 12.0. The number of urea groups is 1. The maximum absolute atomic E-state index is 12.2. The summed E-state index contributed by atoms with van der Waals surface area (Å²) in [6.45, 7) is 3.52. The Morgan fingerprint density at radius 1 is 1.33 bits per heavy atom. The summed E-state index contributed by atoms with van der Waals surface area (Å²) >= 11 is 0. The molecule has 0 spiro atoms. The van der Waals surface area contributed by atoms with Crippen LogP contribution >= 0.6 is 0 Å². The van der Waals surface area contributed by atoms with E-state index < -0.39 is 5.97 Å². The molecule has 0 atom stereocenters. The van der Waals surface area contributed by atoms with Crippen molar-refractivity contribution in [2.45, 2.75) is 26.2 Å². The van der Waals surface area contributed by atoms with E-state index in [-0.39, 0.29) is 23.0 Å². The summed E-state index contributed by atoms with van der Waals surface area (Å²) in [5.41, 5.74) is 0.0784. The maximum atomic E-state index is 12.2. The van der Waals surface area contributed by atoms with Crippen LogP contribution in [0.1, 0.15) is 36.5 Å². The van der Waals surface area contributed by atoms with Gasteiger partial charge in [0.2, 0.25) is 0 Å². The van der Waals surface area contributed by atoms with Crippen LogP contribution in [0.25, 0.3) is 0 Å². The van der Waals surface area contributed by atoms with Crippen LogP contribution in [0.3, 0.4) is 0 Å². The minimum absolute atomic E-state index is 0.119. The van der Waals surface area contributed by atoms with Gasteiger partial charge >= 0.3 is 12.0 Å². The Balaban J connectivity index is 2.05. The number of carbonyl (C=O) groups is 2. The van der Waals surface area contributed by atoms with E-state index in [1.54, 1.807) is 4.90 Å². The molecular weight excluding hydrogens is 272 g/mol. The SMILES string of the molecule is CCC1CCN(C(=O)Nc2ccc(O)cc2C(=O)O)CC1. The number of carboxylic acid groups (broad SMARTS) is 1. The number of aromatic carboxylic acids is 1. The summed E-state index contributed by atoms with van der Waals surface area (Å²) in [5, 5.41) is 21.1. The number of amides is 2. The monoisotopic (exact) mass is 292 g/mol. The topological polar surface area (TPSA) is 89.9 Å². The maximum Gasteiger partial charge on any atom is 0.337 e. The van der Waals surface area contributed by atoms with Gasteiger partial charge in [0, 0.05) is 13.1 Å². The first kappa shape index (κ1) is 15.2. The summed E-state index contributed by atoms with van der Waals surface area (Å²) in [5.74, 6) is -0.669. The lowest BCUT2D eigenvalue weighted by molar-refractivity contribution is 0.0697. The van der Waals surface area contributed by atoms with Gasteiger partial charge in [0.15, 0.2) is 0 Å². The molecular formula is C15H20N2O4. The molecule has 114 valence electrons. The van der Waals surface area contributed by atoms with Crippen molar-refractivity contribution < 1.29 is 19.8 Å². The van der Waals surface area contributed by atoms with Gasteiger partial charge < -0.3 is 20.4 Å². The van der Waals surface area contributed by atoms with Crippen molar-refractivity contribution in [1.29, 1.82) is 0 Å². The molecule has 0 radical (unpaired) electrons. The van der Waals surface area contributed by atoms with Crippen LogP contribution in [-0.4, -0.2) is 40.2 Å². The van der Waals surface area contributed by atoms with Crippen LogP contribution in [0.15, 0.2) is 18.2 Å². The highest BCUT2D eigenvalue weighted by Crippen LogP contribution is 2.24. The molecule has 6 heteroatoms. The number of hydrogen-bond donors (Lipinski definition) is 3. The normalized spacial score (nSPS) is 15.8. The highest BCUT2D eigenvalue weighted by molar-refractivity contribution is 6.00. The molecule has 0 aliphatic carbocycles. The summed E-state index contributed by atoms with van der Waals surface area (Å²) in [4.78, 5) is 25.0. The molecule has 2 amide bonds. The molecule has 0 saturated carbocycles. The third-order valence-electron chi connectivity index (χ3n) is 3.95. The van der Waals surface area contributed by atoms with E-state index in [2.05, 4.69) is 12.2 Å². The molecule has 0 aromatic heterocycles. The van der Waals surface area contributed by atoms with Gasteiger partial charge in [0.1, 0.15) is 5.75 Å². The van der Waals surface area contributed by atoms with E-state index >= 15 is 0 Å². The first-order chi connectivity index (χ1) is 10.0. The fourth-order valence-electron chi connectivity index (χ4n) is 2.56. The molecule has 0 unspecified atom stereocenters. The Labute approximate surface area is 123 Å². The van der Waals surface area contributed by atoms with Crippen molar-refractivity contribution in [3.05, 3.63) is 23.8 Å². The number of aromatic hydroxyl groups is 1. The molecule has 1 fully saturated rings. The molecule has 2 rings (SSSR count). The van der Waals surface area contributed by atoms with Crippen LogP contribution in [0.5, 0.6) is 5.75 Å². The van der Waals surface area contributed by atoms with Gasteiger partial charge in [-0.05, 0) is 37.0 Å². The van der Waals surface area contributed by atoms with Gasteiger partial charge in [-0.2, -0.15) is 0 Å². The number of carboxylic acids is 1. The molecule has 0 bridgehead atoms. The highest BCUT2D eigenvalue weighted by atomic mass is 16.4. The Bertz CT molecular complexity index is 536. The second-order valence-electron chi connectivity index (χ2n) is 5.30. The minimum atomic E-state index is -1.19. The van der Waals surface area contributed by atoms with Crippen molar-refractivity contribution in [1.82, 2.24) is 4.90 Å². The highest BCUT2D eigenvalue weighted by Gasteiger charge is 2.23. The first-order valence-corrected chi connectivity index (χ1v) is 7.13. The molecule has 3 N–H and O–H groups in total. The van der Waals surface area contributed by atoms with Crippen molar-refractivity contribution in [3.8, 4) is 5.75 Å². The van der Waals surface area contributed by atoms with E-state index in [4.69, 9.17) is 5.11 Å². The largest absolute Gasteiger partial charge is 0.508 e. The number of benzene rings is 1. The van der Waals surface area contributed by atoms with Crippen molar-refractivity contribution in [2.75, 3.05) is 18.4 Å². The van der Waals surface area contributed by atoms with Crippen LogP contribution in [-0.2, 0) is 0 Å². The van der Waals surface area contributed by atoms with Gasteiger partial charge in [0.25, 0.3) is 0 Å². The second-order valence-corrected chi connectivity index (χ2v) is 5.30. The van der Waals surface area contributed by atoms with Gasteiger partial charge in [0.05, 0.1) is 11.3 Å². The molecule has 6 nitrogen and oxygen atoms in total. The van der Waals surface area contributed by atoms with E-state index in [1.165, 1.54) is 12.1 Å². The molecule has 1 aromatic rings. The smallest absolute Gasteiger partial charge is 0.337 e. The molecule has 1 aliphatic heterocycles. The zero-order chi connectivity index (χ0) is 15.4. The summed E-state index contributed by atoms with van der Waals surface area (Å²) < 4.78 is 0. The van der Waals surface area contributed by atoms with E-state index in [0.29, 0.717) is 19.0 Å². The molecule has 1 heterocycles. The van der Waals surface area contributed by atoms with Crippen molar-refractivity contribution in [2.24, 2.45) is 5.92 Å². The second kappa shape index (κ2) is 6.47. The van der Waals surface area contributed by atoms with Crippen LogP contribution in [0.2, 0.25) is 0 Å². The molecule has 1 saturated heterocycles. The fourth-order valence-corrected chi connectivity index (χ4v) is 2.56. The Morgan fingerprint density at radius 3 is 2.57 bits per heavy atom. The number of nitrogens with zero attached hydrogens (tertiary/aromatic N) is 1. The van der Waals surface area contributed by atoms with Crippen LogP contribution in [0, 0.1) is 5.92 Å². The number of phenolic OH excluding ortho intramolecular Hbond substituents is 1. The van der Waals surface area contributed by atoms with Gasteiger partial charge in [-0.3, -0.25) is 0 Å². The number of likely N-dealkylation sites (tertiary alicyclic amines) is 1. The molecule has 1 aromatic carbocycles. The van der Waals surface area contributed by atoms with E-state index in [1.807, 2.05) is 0 Å².